The summed E-state index contributed by atoms with van der Waals surface area (Å²) in [5, 5.41) is 3.99. The Morgan fingerprint density at radius 3 is 2.80 bits per heavy atom. The van der Waals surface area contributed by atoms with Crippen molar-refractivity contribution in [1.29, 1.82) is 0 Å². The molecule has 20 heavy (non-hydrogen) atoms. The Morgan fingerprint density at radius 1 is 1.50 bits per heavy atom. The number of nitrogens with zero attached hydrogens (tertiary/aromatic N) is 1. The number of anilines is 1. The van der Waals surface area contributed by atoms with Crippen LogP contribution in [0.3, 0.4) is 0 Å². The minimum absolute atomic E-state index is 0.338. The van der Waals surface area contributed by atoms with Crippen molar-refractivity contribution >= 4 is 23.2 Å². The van der Waals surface area contributed by atoms with Crippen LogP contribution in [0.1, 0.15) is 23.2 Å². The zero-order valence-electron chi connectivity index (χ0n) is 11.2. The van der Waals surface area contributed by atoms with Gasteiger partial charge in [-0.15, -0.1) is 6.42 Å². The minimum Gasteiger partial charge on any atom is -0.381 e. The van der Waals surface area contributed by atoms with Crippen molar-refractivity contribution in [1.82, 2.24) is 4.90 Å². The van der Waals surface area contributed by atoms with Gasteiger partial charge in [0.15, 0.2) is 0 Å². The first-order valence-corrected chi connectivity index (χ1v) is 6.99. The van der Waals surface area contributed by atoms with Crippen LogP contribution < -0.4 is 11.1 Å². The predicted molar refractivity (Wildman–Crippen MR) is 81.9 cm³/mol. The molecule has 1 fully saturated rings. The van der Waals surface area contributed by atoms with E-state index in [1.807, 2.05) is 0 Å². The number of benzene rings is 1. The van der Waals surface area contributed by atoms with Crippen LogP contribution >= 0.6 is 11.6 Å². The Balaban J connectivity index is 1.99. The van der Waals surface area contributed by atoms with Gasteiger partial charge < -0.3 is 11.1 Å². The summed E-state index contributed by atoms with van der Waals surface area (Å²) < 4.78 is 0. The molecule has 1 heterocycles. The minimum atomic E-state index is -0.450. The number of carbonyl (C=O) groups is 1. The fourth-order valence-electron chi connectivity index (χ4n) is 2.37. The summed E-state index contributed by atoms with van der Waals surface area (Å²) in [5.74, 6) is 2.21. The molecule has 4 nitrogen and oxygen atoms in total. The molecule has 0 atom stereocenters. The fourth-order valence-corrected chi connectivity index (χ4v) is 2.55. The molecule has 1 amide bonds. The molecule has 1 aromatic carbocycles. The quantitative estimate of drug-likeness (QED) is 0.834. The van der Waals surface area contributed by atoms with Gasteiger partial charge in [-0.05, 0) is 31.0 Å². The van der Waals surface area contributed by atoms with Gasteiger partial charge >= 0.3 is 0 Å². The fraction of sp³-hybridized carbons (Fsp3) is 0.400. The third-order valence-corrected chi connectivity index (χ3v) is 3.84. The maximum atomic E-state index is 11.2. The van der Waals surface area contributed by atoms with E-state index in [1.54, 1.807) is 18.2 Å². The van der Waals surface area contributed by atoms with E-state index in [4.69, 9.17) is 23.8 Å². The highest BCUT2D eigenvalue weighted by molar-refractivity contribution is 6.33. The average molecular weight is 292 g/mol. The van der Waals surface area contributed by atoms with Gasteiger partial charge in [-0.25, -0.2) is 0 Å². The molecular weight excluding hydrogens is 274 g/mol. The molecule has 106 valence electrons. The molecule has 1 aliphatic rings. The molecule has 0 aromatic heterocycles. The molecule has 1 saturated heterocycles. The standard InChI is InChI=1S/C15H18ClN3O/c1-2-7-19-8-5-12(6-9-19)18-14-10-11(15(17)20)3-4-13(14)16/h1,3-4,10,12,18H,5-9H2,(H2,17,20). The van der Waals surface area contributed by atoms with Gasteiger partial charge in [-0.2, -0.15) is 0 Å². The van der Waals surface area contributed by atoms with Crippen LogP contribution in [0, 0.1) is 12.3 Å². The molecule has 1 aliphatic heterocycles. The molecule has 0 saturated carbocycles. The number of hydrogen-bond acceptors (Lipinski definition) is 3. The smallest absolute Gasteiger partial charge is 0.248 e. The Bertz CT molecular complexity index is 530. The van der Waals surface area contributed by atoms with Crippen molar-refractivity contribution in [2.24, 2.45) is 5.73 Å². The van der Waals surface area contributed by atoms with Crippen LogP contribution in [0.4, 0.5) is 5.69 Å². The van der Waals surface area contributed by atoms with Crippen LogP contribution in [0.25, 0.3) is 0 Å². The molecule has 2 rings (SSSR count). The highest BCUT2D eigenvalue weighted by Crippen LogP contribution is 2.25. The number of terminal acetylenes is 1. The van der Waals surface area contributed by atoms with Crippen LogP contribution in [-0.2, 0) is 0 Å². The van der Waals surface area contributed by atoms with Crippen LogP contribution in [-0.4, -0.2) is 36.5 Å². The maximum Gasteiger partial charge on any atom is 0.248 e. The molecule has 0 bridgehead atoms. The van der Waals surface area contributed by atoms with E-state index in [2.05, 4.69) is 16.1 Å². The second-order valence-corrected chi connectivity index (χ2v) is 5.36. The van der Waals surface area contributed by atoms with Crippen molar-refractivity contribution in [3.05, 3.63) is 28.8 Å². The Morgan fingerprint density at radius 2 is 2.20 bits per heavy atom. The monoisotopic (exact) mass is 291 g/mol. The van der Waals surface area contributed by atoms with Gasteiger partial charge in [-0.3, -0.25) is 9.69 Å². The van der Waals surface area contributed by atoms with Crippen molar-refractivity contribution in [2.45, 2.75) is 18.9 Å². The number of hydrogen-bond donors (Lipinski definition) is 2. The number of nitrogens with two attached hydrogens (primary N) is 1. The van der Waals surface area contributed by atoms with Crippen molar-refractivity contribution < 1.29 is 4.79 Å². The molecule has 3 N–H and O–H groups in total. The van der Waals surface area contributed by atoms with E-state index in [9.17, 15) is 4.79 Å². The number of carbonyl (C=O) groups excluding carboxylic acids is 1. The lowest BCUT2D eigenvalue weighted by Gasteiger charge is -2.31. The molecule has 0 aliphatic carbocycles. The number of piperidine rings is 1. The van der Waals surface area contributed by atoms with E-state index in [0.717, 1.165) is 31.6 Å². The second-order valence-electron chi connectivity index (χ2n) is 4.96. The summed E-state index contributed by atoms with van der Waals surface area (Å²) in [6, 6.07) is 5.37. The largest absolute Gasteiger partial charge is 0.381 e. The molecule has 0 spiro atoms. The average Bonchev–Trinajstić information content (AvgIpc) is 2.43. The Labute approximate surface area is 124 Å². The maximum absolute atomic E-state index is 11.2. The molecule has 0 radical (unpaired) electrons. The van der Waals surface area contributed by atoms with E-state index in [-0.39, 0.29) is 0 Å². The van der Waals surface area contributed by atoms with Crippen LogP contribution in [0.15, 0.2) is 18.2 Å². The number of likely N-dealkylation sites (tertiary alicyclic amines) is 1. The number of primary amides is 1. The number of nitrogens with one attached hydrogen (secondary N) is 1. The Hall–Kier alpha value is -1.70. The highest BCUT2D eigenvalue weighted by atomic mass is 35.5. The Kier molecular flexibility index (Phi) is 4.89. The molecule has 0 unspecified atom stereocenters. The van der Waals surface area contributed by atoms with Gasteiger partial charge in [0.05, 0.1) is 17.3 Å². The summed E-state index contributed by atoms with van der Waals surface area (Å²) in [4.78, 5) is 13.4. The first kappa shape index (κ1) is 14.7. The summed E-state index contributed by atoms with van der Waals surface area (Å²) in [6.07, 6.45) is 7.31. The first-order chi connectivity index (χ1) is 9.60. The van der Waals surface area contributed by atoms with Crippen molar-refractivity contribution in [2.75, 3.05) is 25.0 Å². The number of rotatable bonds is 4. The van der Waals surface area contributed by atoms with E-state index < -0.39 is 5.91 Å². The summed E-state index contributed by atoms with van der Waals surface area (Å²) in [5.41, 5.74) is 6.50. The lowest BCUT2D eigenvalue weighted by Crippen LogP contribution is -2.39. The van der Waals surface area contributed by atoms with E-state index in [1.165, 1.54) is 0 Å². The SMILES string of the molecule is C#CCN1CCC(Nc2cc(C(N)=O)ccc2Cl)CC1. The van der Waals surface area contributed by atoms with Gasteiger partial charge in [0, 0.05) is 24.7 Å². The van der Waals surface area contributed by atoms with Crippen LogP contribution in [0.2, 0.25) is 5.02 Å². The number of halogens is 1. The van der Waals surface area contributed by atoms with E-state index >= 15 is 0 Å². The summed E-state index contributed by atoms with van der Waals surface area (Å²) >= 11 is 6.15. The van der Waals surface area contributed by atoms with Gasteiger partial charge in [0.1, 0.15) is 0 Å². The normalized spacial score (nSPS) is 16.6. The highest BCUT2D eigenvalue weighted by Gasteiger charge is 2.19. The van der Waals surface area contributed by atoms with Crippen molar-refractivity contribution in [3.8, 4) is 12.3 Å². The third-order valence-electron chi connectivity index (χ3n) is 3.51. The topological polar surface area (TPSA) is 58.4 Å². The lowest BCUT2D eigenvalue weighted by molar-refractivity contribution is 0.100. The molecular formula is C15H18ClN3O. The molecule has 5 heteroatoms. The van der Waals surface area contributed by atoms with Crippen molar-refractivity contribution in [3.63, 3.8) is 0 Å². The van der Waals surface area contributed by atoms with Crippen LogP contribution in [0.5, 0.6) is 0 Å². The third kappa shape index (κ3) is 3.66. The van der Waals surface area contributed by atoms with Gasteiger partial charge in [0.2, 0.25) is 5.91 Å². The number of amides is 1. The second kappa shape index (κ2) is 6.65. The first-order valence-electron chi connectivity index (χ1n) is 6.62. The lowest BCUT2D eigenvalue weighted by atomic mass is 10.0. The van der Waals surface area contributed by atoms with Gasteiger partial charge in [0.25, 0.3) is 0 Å². The van der Waals surface area contributed by atoms with Gasteiger partial charge in [-0.1, -0.05) is 17.5 Å². The predicted octanol–water partition coefficient (Wildman–Crippen LogP) is 1.95. The summed E-state index contributed by atoms with van der Waals surface area (Å²) in [7, 11) is 0. The van der Waals surface area contributed by atoms with E-state index in [0.29, 0.717) is 23.2 Å². The zero-order chi connectivity index (χ0) is 14.5. The summed E-state index contributed by atoms with van der Waals surface area (Å²) in [6.45, 7) is 2.63. The molecule has 1 aromatic rings. The zero-order valence-corrected chi connectivity index (χ0v) is 12.0.